The first-order valence-electron chi connectivity index (χ1n) is 12.2. The Bertz CT molecular complexity index is 1120. The zero-order valence-corrected chi connectivity index (χ0v) is 21.0. The van der Waals surface area contributed by atoms with Gasteiger partial charge in [-0.25, -0.2) is 0 Å². The molecule has 37 heavy (non-hydrogen) atoms. The van der Waals surface area contributed by atoms with E-state index >= 15 is 0 Å². The minimum absolute atomic E-state index is 0.0165. The number of carbonyl (C=O) groups excluding carboxylic acids is 1. The molecule has 1 N–H and O–H groups in total. The van der Waals surface area contributed by atoms with Crippen LogP contribution in [0.25, 0.3) is 0 Å². The van der Waals surface area contributed by atoms with Crippen LogP contribution in [0.2, 0.25) is 5.02 Å². The van der Waals surface area contributed by atoms with Gasteiger partial charge in [-0.05, 0) is 55.8 Å². The highest BCUT2D eigenvalue weighted by atomic mass is 35.5. The second kappa shape index (κ2) is 11.6. The maximum atomic E-state index is 13.3. The van der Waals surface area contributed by atoms with Gasteiger partial charge < -0.3 is 20.0 Å². The van der Waals surface area contributed by atoms with E-state index in [0.717, 1.165) is 50.4 Å². The molecule has 0 spiro atoms. The predicted octanol–water partition coefficient (Wildman–Crippen LogP) is 4.88. The fourth-order valence-electron chi connectivity index (χ4n) is 4.87. The molecule has 1 unspecified atom stereocenters. The molecule has 2 saturated heterocycles. The zero-order valence-electron chi connectivity index (χ0n) is 20.2. The quantitative estimate of drug-likeness (QED) is 0.399. The van der Waals surface area contributed by atoms with Gasteiger partial charge in [0.05, 0.1) is 4.92 Å². The number of rotatable bonds is 7. The molecular formula is C25H29ClF3N5O3. The zero-order chi connectivity index (χ0) is 26.6. The summed E-state index contributed by atoms with van der Waals surface area (Å²) in [6.07, 6.45) is -2.88. The molecule has 2 aromatic carbocycles. The highest BCUT2D eigenvalue weighted by Crippen LogP contribution is 2.37. The van der Waals surface area contributed by atoms with Gasteiger partial charge in [0.1, 0.15) is 5.56 Å². The van der Waals surface area contributed by atoms with Gasteiger partial charge in [0.2, 0.25) is 5.91 Å². The fourth-order valence-corrected chi connectivity index (χ4v) is 4.99. The SMILES string of the molecule is O=C(CCN1CCCN(c2ccc(Cl)cc2)CC1)N1CCC(Nc2ccc([N+](=O)[O-])c(C(F)(F)F)c2)C1. The van der Waals surface area contributed by atoms with Crippen molar-refractivity contribution < 1.29 is 22.9 Å². The Hall–Kier alpha value is -3.05. The van der Waals surface area contributed by atoms with E-state index in [1.807, 2.05) is 24.3 Å². The first-order valence-corrected chi connectivity index (χ1v) is 12.6. The number of alkyl halides is 3. The summed E-state index contributed by atoms with van der Waals surface area (Å²) in [4.78, 5) is 29.1. The number of nitro benzene ring substituents is 1. The minimum atomic E-state index is -4.84. The van der Waals surface area contributed by atoms with E-state index in [4.69, 9.17) is 11.6 Å². The van der Waals surface area contributed by atoms with Crippen LogP contribution in [0.3, 0.4) is 0 Å². The van der Waals surface area contributed by atoms with Gasteiger partial charge in [0.15, 0.2) is 0 Å². The van der Waals surface area contributed by atoms with Crippen molar-refractivity contribution in [3.63, 3.8) is 0 Å². The molecular weight excluding hydrogens is 511 g/mol. The van der Waals surface area contributed by atoms with Crippen molar-refractivity contribution in [1.29, 1.82) is 0 Å². The van der Waals surface area contributed by atoms with E-state index in [2.05, 4.69) is 15.1 Å². The van der Waals surface area contributed by atoms with Gasteiger partial charge in [-0.1, -0.05) is 11.6 Å². The molecule has 1 amide bonds. The molecule has 0 aliphatic carbocycles. The van der Waals surface area contributed by atoms with Gasteiger partial charge in [0.25, 0.3) is 5.69 Å². The van der Waals surface area contributed by atoms with Crippen molar-refractivity contribution in [1.82, 2.24) is 9.80 Å². The van der Waals surface area contributed by atoms with Crippen LogP contribution in [-0.4, -0.2) is 72.5 Å². The van der Waals surface area contributed by atoms with E-state index in [1.165, 1.54) is 6.07 Å². The highest BCUT2D eigenvalue weighted by molar-refractivity contribution is 6.30. The third-order valence-corrected chi connectivity index (χ3v) is 7.08. The number of hydrogen-bond donors (Lipinski definition) is 1. The maximum Gasteiger partial charge on any atom is 0.423 e. The third-order valence-electron chi connectivity index (χ3n) is 6.83. The summed E-state index contributed by atoms with van der Waals surface area (Å²) >= 11 is 5.99. The average Bonchev–Trinajstić information content (AvgIpc) is 3.19. The van der Waals surface area contributed by atoms with E-state index in [9.17, 15) is 28.1 Å². The van der Waals surface area contributed by atoms with Crippen LogP contribution in [-0.2, 0) is 11.0 Å². The molecule has 200 valence electrons. The first-order chi connectivity index (χ1) is 17.6. The van der Waals surface area contributed by atoms with E-state index in [0.29, 0.717) is 37.5 Å². The molecule has 2 fully saturated rings. The van der Waals surface area contributed by atoms with E-state index in [1.54, 1.807) is 4.90 Å². The maximum absolute atomic E-state index is 13.3. The Morgan fingerprint density at radius 1 is 1.08 bits per heavy atom. The Labute approximate surface area is 218 Å². The molecule has 4 rings (SSSR count). The molecule has 0 saturated carbocycles. The van der Waals surface area contributed by atoms with E-state index in [-0.39, 0.29) is 17.6 Å². The number of carbonyl (C=O) groups is 1. The number of likely N-dealkylation sites (tertiary alicyclic amines) is 1. The number of benzene rings is 2. The number of anilines is 2. The lowest BCUT2D eigenvalue weighted by Gasteiger charge is -2.24. The molecule has 0 radical (unpaired) electrons. The lowest BCUT2D eigenvalue weighted by atomic mass is 10.1. The summed E-state index contributed by atoms with van der Waals surface area (Å²) < 4.78 is 39.8. The predicted molar refractivity (Wildman–Crippen MR) is 136 cm³/mol. The van der Waals surface area contributed by atoms with Gasteiger partial charge in [-0.2, -0.15) is 13.2 Å². The number of nitrogens with one attached hydrogen (secondary N) is 1. The Morgan fingerprint density at radius 2 is 1.84 bits per heavy atom. The number of hydrogen-bond acceptors (Lipinski definition) is 6. The molecule has 2 aliphatic heterocycles. The van der Waals surface area contributed by atoms with Gasteiger partial charge >= 0.3 is 6.18 Å². The summed E-state index contributed by atoms with van der Waals surface area (Å²) in [6.45, 7) is 5.09. The van der Waals surface area contributed by atoms with Crippen LogP contribution in [0.1, 0.15) is 24.8 Å². The number of amides is 1. The van der Waals surface area contributed by atoms with Crippen molar-refractivity contribution >= 4 is 34.6 Å². The van der Waals surface area contributed by atoms with Crippen LogP contribution in [0.15, 0.2) is 42.5 Å². The summed E-state index contributed by atoms with van der Waals surface area (Å²) in [5.41, 5.74) is -0.994. The number of halogens is 4. The number of nitro groups is 1. The smallest absolute Gasteiger partial charge is 0.380 e. The van der Waals surface area contributed by atoms with Gasteiger partial charge in [-0.3, -0.25) is 14.9 Å². The van der Waals surface area contributed by atoms with Crippen molar-refractivity contribution in [3.05, 3.63) is 63.2 Å². The van der Waals surface area contributed by atoms with Crippen molar-refractivity contribution in [2.45, 2.75) is 31.5 Å². The highest BCUT2D eigenvalue weighted by Gasteiger charge is 2.38. The summed E-state index contributed by atoms with van der Waals surface area (Å²) in [5, 5.41) is 14.7. The Kier molecular flexibility index (Phi) is 8.43. The molecule has 0 aromatic heterocycles. The van der Waals surface area contributed by atoms with Crippen LogP contribution >= 0.6 is 11.6 Å². The lowest BCUT2D eigenvalue weighted by molar-refractivity contribution is -0.388. The molecule has 2 heterocycles. The standard InChI is InChI=1S/C25H29ClF3N5O3/c26-18-2-5-21(6-3-18)32-11-1-10-31(14-15-32)12-9-24(35)33-13-8-20(17-33)30-19-4-7-23(34(36)37)22(16-19)25(27,28)29/h2-7,16,20,30H,1,8-15,17H2. The second-order valence-electron chi connectivity index (χ2n) is 9.37. The van der Waals surface area contributed by atoms with E-state index < -0.39 is 22.4 Å². The molecule has 1 atom stereocenters. The fraction of sp³-hybridized carbons (Fsp3) is 0.480. The van der Waals surface area contributed by atoms with Crippen LogP contribution in [0.5, 0.6) is 0 Å². The van der Waals surface area contributed by atoms with Gasteiger partial charge in [-0.15, -0.1) is 0 Å². The first kappa shape index (κ1) is 27.0. The largest absolute Gasteiger partial charge is 0.423 e. The minimum Gasteiger partial charge on any atom is -0.380 e. The third kappa shape index (κ3) is 7.04. The normalized spacial score (nSPS) is 19.1. The van der Waals surface area contributed by atoms with Crippen LogP contribution < -0.4 is 10.2 Å². The number of nitrogens with zero attached hydrogens (tertiary/aromatic N) is 4. The Morgan fingerprint density at radius 3 is 2.54 bits per heavy atom. The topological polar surface area (TPSA) is 82.0 Å². The summed E-state index contributed by atoms with van der Waals surface area (Å²) in [5.74, 6) is 0.0165. The summed E-state index contributed by atoms with van der Waals surface area (Å²) in [6, 6.07) is 10.5. The molecule has 12 heteroatoms. The Balaban J connectivity index is 1.25. The average molecular weight is 540 g/mol. The van der Waals surface area contributed by atoms with Gasteiger partial charge in [0, 0.05) is 74.2 Å². The lowest BCUT2D eigenvalue weighted by Crippen LogP contribution is -2.36. The van der Waals surface area contributed by atoms with Crippen LogP contribution in [0.4, 0.5) is 30.2 Å². The monoisotopic (exact) mass is 539 g/mol. The van der Waals surface area contributed by atoms with Crippen molar-refractivity contribution in [3.8, 4) is 0 Å². The second-order valence-corrected chi connectivity index (χ2v) is 9.80. The molecule has 2 aromatic rings. The summed E-state index contributed by atoms with van der Waals surface area (Å²) in [7, 11) is 0. The van der Waals surface area contributed by atoms with Crippen LogP contribution in [0, 0.1) is 10.1 Å². The molecule has 8 nitrogen and oxygen atoms in total. The molecule has 0 bridgehead atoms. The molecule has 2 aliphatic rings. The van der Waals surface area contributed by atoms with Crippen molar-refractivity contribution in [2.75, 3.05) is 56.0 Å². The van der Waals surface area contributed by atoms with Crippen molar-refractivity contribution in [2.24, 2.45) is 0 Å².